The molecule has 116 valence electrons. The molecule has 2 aromatic carbocycles. The van der Waals surface area contributed by atoms with Crippen LogP contribution >= 0.6 is 0 Å². The normalized spacial score (nSPS) is 18.7. The molecule has 0 radical (unpaired) electrons. The van der Waals surface area contributed by atoms with Gasteiger partial charge in [0.25, 0.3) is 0 Å². The summed E-state index contributed by atoms with van der Waals surface area (Å²) in [6, 6.07) is 17.9. The first kappa shape index (κ1) is 15.8. The maximum atomic E-state index is 9.30. The molecule has 1 heterocycles. The Morgan fingerprint density at radius 2 is 1.57 bits per heavy atom. The van der Waals surface area contributed by atoms with Gasteiger partial charge in [0.15, 0.2) is 0 Å². The lowest BCUT2D eigenvalue weighted by Crippen LogP contribution is -2.41. The third-order valence-corrected chi connectivity index (χ3v) is 4.77. The molecule has 1 aliphatic rings. The molecule has 0 saturated carbocycles. The van der Waals surface area contributed by atoms with E-state index in [4.69, 9.17) is 9.31 Å². The van der Waals surface area contributed by atoms with E-state index in [0.29, 0.717) is 5.56 Å². The highest BCUT2D eigenvalue weighted by Gasteiger charge is 2.51. The summed E-state index contributed by atoms with van der Waals surface area (Å²) in [6.45, 7) is 8.17. The highest BCUT2D eigenvalue weighted by molar-refractivity contribution is 6.62. The minimum Gasteiger partial charge on any atom is -0.399 e. The van der Waals surface area contributed by atoms with Crippen molar-refractivity contribution in [3.8, 4) is 17.2 Å². The maximum absolute atomic E-state index is 9.30. The molecule has 0 unspecified atom stereocenters. The summed E-state index contributed by atoms with van der Waals surface area (Å²) >= 11 is 0. The van der Waals surface area contributed by atoms with Gasteiger partial charge >= 0.3 is 7.12 Å². The average molecular weight is 305 g/mol. The van der Waals surface area contributed by atoms with E-state index in [-0.39, 0.29) is 11.2 Å². The van der Waals surface area contributed by atoms with Crippen molar-refractivity contribution in [2.75, 3.05) is 0 Å². The highest BCUT2D eigenvalue weighted by Crippen LogP contribution is 2.36. The second-order valence-corrected chi connectivity index (χ2v) is 6.87. The van der Waals surface area contributed by atoms with Crippen LogP contribution in [0.1, 0.15) is 33.3 Å². The number of rotatable bonds is 2. The Kier molecular flexibility index (Phi) is 3.79. The predicted octanol–water partition coefficient (Wildman–Crippen LogP) is 3.52. The van der Waals surface area contributed by atoms with Crippen molar-refractivity contribution in [2.45, 2.75) is 38.9 Å². The lowest BCUT2D eigenvalue weighted by Gasteiger charge is -2.32. The molecular weight excluding hydrogens is 285 g/mol. The molecule has 0 N–H and O–H groups in total. The van der Waals surface area contributed by atoms with E-state index in [2.05, 4.69) is 6.07 Å². The van der Waals surface area contributed by atoms with E-state index in [1.54, 1.807) is 0 Å². The number of nitriles is 1. The number of hydrogen-bond acceptors (Lipinski definition) is 3. The zero-order chi connectivity index (χ0) is 16.7. The topological polar surface area (TPSA) is 42.2 Å². The second kappa shape index (κ2) is 5.52. The van der Waals surface area contributed by atoms with E-state index in [1.807, 2.05) is 76.2 Å². The first-order valence-electron chi connectivity index (χ1n) is 7.79. The van der Waals surface area contributed by atoms with Crippen LogP contribution in [0.4, 0.5) is 0 Å². The fraction of sp³-hybridized carbons (Fsp3) is 0.316. The molecule has 0 spiro atoms. The molecule has 2 aromatic rings. The first-order valence-corrected chi connectivity index (χ1v) is 7.79. The number of hydrogen-bond donors (Lipinski definition) is 0. The summed E-state index contributed by atoms with van der Waals surface area (Å²) in [4.78, 5) is 0. The van der Waals surface area contributed by atoms with Crippen LogP contribution < -0.4 is 5.46 Å². The molecule has 0 atom stereocenters. The van der Waals surface area contributed by atoms with Crippen molar-refractivity contribution in [3.05, 3.63) is 54.1 Å². The van der Waals surface area contributed by atoms with E-state index < -0.39 is 7.12 Å². The molecule has 1 aliphatic heterocycles. The summed E-state index contributed by atoms with van der Waals surface area (Å²) in [5.74, 6) is 0. The molecular formula is C19H20BNO2. The molecule has 3 nitrogen and oxygen atoms in total. The van der Waals surface area contributed by atoms with Crippen molar-refractivity contribution < 1.29 is 9.31 Å². The monoisotopic (exact) mass is 305 g/mol. The third-order valence-electron chi connectivity index (χ3n) is 4.77. The number of nitrogens with zero attached hydrogens (tertiary/aromatic N) is 1. The van der Waals surface area contributed by atoms with Crippen LogP contribution in [0.3, 0.4) is 0 Å². The Bertz CT molecular complexity index is 761. The Hall–Kier alpha value is -2.09. The van der Waals surface area contributed by atoms with Crippen molar-refractivity contribution in [1.82, 2.24) is 0 Å². The van der Waals surface area contributed by atoms with Crippen molar-refractivity contribution >= 4 is 12.6 Å². The summed E-state index contributed by atoms with van der Waals surface area (Å²) in [5.41, 5.74) is 2.83. The fourth-order valence-corrected chi connectivity index (χ4v) is 2.66. The molecule has 4 heteroatoms. The molecule has 1 fully saturated rings. The van der Waals surface area contributed by atoms with Crippen molar-refractivity contribution in [1.29, 1.82) is 5.26 Å². The van der Waals surface area contributed by atoms with Crippen LogP contribution in [-0.2, 0) is 9.31 Å². The average Bonchev–Trinajstić information content (AvgIpc) is 2.75. The van der Waals surface area contributed by atoms with Crippen LogP contribution in [-0.4, -0.2) is 18.3 Å². The SMILES string of the molecule is CC1(C)OB(c2cccc(-c3ccccc3C#N)c2)OC1(C)C. The lowest BCUT2D eigenvalue weighted by atomic mass is 9.78. The van der Waals surface area contributed by atoms with Gasteiger partial charge < -0.3 is 9.31 Å². The maximum Gasteiger partial charge on any atom is 0.494 e. The highest BCUT2D eigenvalue weighted by atomic mass is 16.7. The van der Waals surface area contributed by atoms with Gasteiger partial charge in [-0.25, -0.2) is 0 Å². The van der Waals surface area contributed by atoms with E-state index in [1.165, 1.54) is 0 Å². The molecule has 0 aromatic heterocycles. The summed E-state index contributed by atoms with van der Waals surface area (Å²) in [5, 5.41) is 9.30. The second-order valence-electron chi connectivity index (χ2n) is 6.87. The molecule has 3 rings (SSSR count). The standard InChI is InChI=1S/C19H20BNO2/c1-18(2)19(3,4)23-20(22-18)16-10-7-9-14(12-16)17-11-6-5-8-15(17)13-21/h5-12H,1-4H3. The minimum absolute atomic E-state index is 0.363. The van der Waals surface area contributed by atoms with Gasteiger partial charge in [-0.15, -0.1) is 0 Å². The smallest absolute Gasteiger partial charge is 0.399 e. The van der Waals surface area contributed by atoms with Crippen molar-refractivity contribution in [2.24, 2.45) is 0 Å². The summed E-state index contributed by atoms with van der Waals surface area (Å²) < 4.78 is 12.2. The molecule has 0 bridgehead atoms. The Morgan fingerprint density at radius 1 is 0.913 bits per heavy atom. The minimum atomic E-state index is -0.394. The van der Waals surface area contributed by atoms with Crippen molar-refractivity contribution in [3.63, 3.8) is 0 Å². The van der Waals surface area contributed by atoms with Gasteiger partial charge in [0, 0.05) is 0 Å². The van der Waals surface area contributed by atoms with Crippen LogP contribution in [0, 0.1) is 11.3 Å². The zero-order valence-electron chi connectivity index (χ0n) is 14.0. The largest absolute Gasteiger partial charge is 0.494 e. The first-order chi connectivity index (χ1) is 10.8. The van der Waals surface area contributed by atoms with Gasteiger partial charge in [-0.2, -0.15) is 5.26 Å². The molecule has 0 amide bonds. The Morgan fingerprint density at radius 3 is 2.22 bits per heavy atom. The Labute approximate surface area is 138 Å². The molecule has 23 heavy (non-hydrogen) atoms. The van der Waals surface area contributed by atoms with Gasteiger partial charge in [-0.3, -0.25) is 0 Å². The zero-order valence-corrected chi connectivity index (χ0v) is 14.0. The summed E-state index contributed by atoms with van der Waals surface area (Å²) in [6.07, 6.45) is 0. The third kappa shape index (κ3) is 2.78. The van der Waals surface area contributed by atoms with Gasteiger partial charge in [0.2, 0.25) is 0 Å². The number of benzene rings is 2. The van der Waals surface area contributed by atoms with Gasteiger partial charge in [0.1, 0.15) is 0 Å². The van der Waals surface area contributed by atoms with Crippen LogP contribution in [0.5, 0.6) is 0 Å². The van der Waals surface area contributed by atoms with Crippen LogP contribution in [0.25, 0.3) is 11.1 Å². The van der Waals surface area contributed by atoms with Gasteiger partial charge in [-0.1, -0.05) is 42.5 Å². The van der Waals surface area contributed by atoms with E-state index in [0.717, 1.165) is 16.6 Å². The Balaban J connectivity index is 1.98. The quantitative estimate of drug-likeness (QED) is 0.797. The van der Waals surface area contributed by atoms with E-state index >= 15 is 0 Å². The predicted molar refractivity (Wildman–Crippen MR) is 92.3 cm³/mol. The molecule has 0 aliphatic carbocycles. The molecule has 1 saturated heterocycles. The lowest BCUT2D eigenvalue weighted by molar-refractivity contribution is 0.00578. The van der Waals surface area contributed by atoms with Crippen LogP contribution in [0.2, 0.25) is 0 Å². The van der Waals surface area contributed by atoms with E-state index in [9.17, 15) is 5.26 Å². The van der Waals surface area contributed by atoms with Gasteiger partial charge in [-0.05, 0) is 50.4 Å². The van der Waals surface area contributed by atoms with Crippen LogP contribution in [0.15, 0.2) is 48.5 Å². The van der Waals surface area contributed by atoms with Gasteiger partial charge in [0.05, 0.1) is 22.8 Å². The fourth-order valence-electron chi connectivity index (χ4n) is 2.66. The summed E-state index contributed by atoms with van der Waals surface area (Å²) in [7, 11) is -0.394.